The Labute approximate surface area is 228 Å². The molecule has 39 heavy (non-hydrogen) atoms. The van der Waals surface area contributed by atoms with Gasteiger partial charge in [-0.05, 0) is 48.7 Å². The number of carbonyl (C=O) groups excluding carboxylic acids is 1. The summed E-state index contributed by atoms with van der Waals surface area (Å²) in [6.45, 7) is 6.76. The number of carbonyl (C=O) groups is 1. The highest BCUT2D eigenvalue weighted by Crippen LogP contribution is 2.37. The number of hydrogen-bond acceptors (Lipinski definition) is 5. The molecule has 1 amide bonds. The zero-order chi connectivity index (χ0) is 26.8. The van der Waals surface area contributed by atoms with Crippen LogP contribution in [0.25, 0.3) is 27.8 Å². The van der Waals surface area contributed by atoms with Crippen LogP contribution < -0.4 is 9.64 Å². The normalized spacial score (nSPS) is 13.6. The van der Waals surface area contributed by atoms with Crippen LogP contribution in [0.2, 0.25) is 0 Å². The molecule has 1 aliphatic heterocycles. The fourth-order valence-corrected chi connectivity index (χ4v) is 5.25. The van der Waals surface area contributed by atoms with Crippen molar-refractivity contribution in [1.82, 2.24) is 19.4 Å². The van der Waals surface area contributed by atoms with Crippen molar-refractivity contribution in [2.75, 3.05) is 37.7 Å². The summed E-state index contributed by atoms with van der Waals surface area (Å²) in [5, 5.41) is 1.02. The zero-order valence-electron chi connectivity index (χ0n) is 22.2. The molecule has 1 saturated heterocycles. The lowest BCUT2D eigenvalue weighted by molar-refractivity contribution is -0.133. The second-order valence-corrected chi connectivity index (χ2v) is 9.93. The predicted octanol–water partition coefficient (Wildman–Crippen LogP) is 5.43. The Morgan fingerprint density at radius 3 is 2.41 bits per heavy atom. The van der Waals surface area contributed by atoms with Crippen molar-refractivity contribution in [2.24, 2.45) is 0 Å². The van der Waals surface area contributed by atoms with Gasteiger partial charge < -0.3 is 19.1 Å². The van der Waals surface area contributed by atoms with Crippen molar-refractivity contribution in [1.29, 1.82) is 0 Å². The van der Waals surface area contributed by atoms with Gasteiger partial charge in [-0.25, -0.2) is 9.97 Å². The summed E-state index contributed by atoms with van der Waals surface area (Å²) in [5.74, 6) is 1.62. The number of ether oxygens (including phenoxy) is 1. The summed E-state index contributed by atoms with van der Waals surface area (Å²) in [7, 11) is 0. The van der Waals surface area contributed by atoms with Gasteiger partial charge in [-0.2, -0.15) is 0 Å². The number of amides is 1. The van der Waals surface area contributed by atoms with Gasteiger partial charge in [-0.1, -0.05) is 60.7 Å². The number of rotatable bonds is 6. The lowest BCUT2D eigenvalue weighted by atomic mass is 10.1. The van der Waals surface area contributed by atoms with Crippen LogP contribution in [0.5, 0.6) is 5.75 Å². The molecule has 0 spiro atoms. The third kappa shape index (κ3) is 4.95. The SMILES string of the molecule is Cc1cccc(OCC(=O)N2CCN(c3ncnc4c3c(-c3ccccc3)cn4-c3ccccc3C)CC2)c1. The number of anilines is 1. The van der Waals surface area contributed by atoms with Crippen LogP contribution in [0, 0.1) is 13.8 Å². The second kappa shape index (κ2) is 10.6. The van der Waals surface area contributed by atoms with Crippen molar-refractivity contribution in [3.05, 3.63) is 103 Å². The van der Waals surface area contributed by atoms with Crippen LogP contribution in [0.15, 0.2) is 91.4 Å². The van der Waals surface area contributed by atoms with Crippen LogP contribution in [0.4, 0.5) is 5.82 Å². The molecule has 0 atom stereocenters. The van der Waals surface area contributed by atoms with E-state index in [1.54, 1.807) is 6.33 Å². The summed E-state index contributed by atoms with van der Waals surface area (Å²) < 4.78 is 7.93. The van der Waals surface area contributed by atoms with Gasteiger partial charge in [0.25, 0.3) is 5.91 Å². The quantitative estimate of drug-likeness (QED) is 0.301. The van der Waals surface area contributed by atoms with E-state index in [4.69, 9.17) is 14.7 Å². The van der Waals surface area contributed by atoms with Crippen LogP contribution in [-0.4, -0.2) is 58.1 Å². The number of fused-ring (bicyclic) bond motifs is 1. The maximum Gasteiger partial charge on any atom is 0.260 e. The van der Waals surface area contributed by atoms with E-state index in [1.165, 1.54) is 5.56 Å². The maximum atomic E-state index is 12.9. The van der Waals surface area contributed by atoms with Crippen LogP contribution in [0.3, 0.4) is 0 Å². The van der Waals surface area contributed by atoms with Gasteiger partial charge in [0.2, 0.25) is 0 Å². The molecule has 0 radical (unpaired) electrons. The van der Waals surface area contributed by atoms with Gasteiger partial charge in [-0.15, -0.1) is 0 Å². The minimum absolute atomic E-state index is 0.000305. The third-order valence-corrected chi connectivity index (χ3v) is 7.31. The largest absolute Gasteiger partial charge is 0.484 e. The number of nitrogens with zero attached hydrogens (tertiary/aromatic N) is 5. The van der Waals surface area contributed by atoms with E-state index in [9.17, 15) is 4.79 Å². The van der Waals surface area contributed by atoms with Gasteiger partial charge >= 0.3 is 0 Å². The molecule has 1 fully saturated rings. The standard InChI is InChI=1S/C32H31N5O2/c1-23-9-8-13-26(19-23)39-21-29(38)35-15-17-36(18-16-35)31-30-27(25-11-4-3-5-12-25)20-37(32(30)34-22-33-31)28-14-7-6-10-24(28)2/h3-14,19-20,22H,15-18,21H2,1-2H3. The summed E-state index contributed by atoms with van der Waals surface area (Å²) >= 11 is 0. The van der Waals surface area contributed by atoms with Crippen LogP contribution in [0.1, 0.15) is 11.1 Å². The lowest BCUT2D eigenvalue weighted by Gasteiger charge is -2.35. The monoisotopic (exact) mass is 517 g/mol. The first-order valence-corrected chi connectivity index (χ1v) is 13.3. The lowest BCUT2D eigenvalue weighted by Crippen LogP contribution is -2.50. The van der Waals surface area contributed by atoms with Crippen LogP contribution >= 0.6 is 0 Å². The number of aromatic nitrogens is 3. The molecule has 0 unspecified atom stereocenters. The molecular weight excluding hydrogens is 486 g/mol. The third-order valence-electron chi connectivity index (χ3n) is 7.31. The van der Waals surface area contributed by atoms with Crippen molar-refractivity contribution >= 4 is 22.8 Å². The highest BCUT2D eigenvalue weighted by Gasteiger charge is 2.26. The molecule has 7 nitrogen and oxygen atoms in total. The molecule has 196 valence electrons. The van der Waals surface area contributed by atoms with E-state index in [0.717, 1.165) is 45.0 Å². The minimum atomic E-state index is -0.000305. The van der Waals surface area contributed by atoms with E-state index >= 15 is 0 Å². The molecule has 0 N–H and O–H groups in total. The van der Waals surface area contributed by atoms with Gasteiger partial charge in [0.1, 0.15) is 17.9 Å². The predicted molar refractivity (Wildman–Crippen MR) is 155 cm³/mol. The number of para-hydroxylation sites is 1. The van der Waals surface area contributed by atoms with Crippen molar-refractivity contribution in [3.8, 4) is 22.6 Å². The first-order valence-electron chi connectivity index (χ1n) is 13.3. The molecule has 6 rings (SSSR count). The first-order chi connectivity index (χ1) is 19.1. The van der Waals surface area contributed by atoms with E-state index in [2.05, 4.69) is 71.1 Å². The molecule has 2 aromatic heterocycles. The van der Waals surface area contributed by atoms with Gasteiger partial charge in [0.15, 0.2) is 12.3 Å². The Balaban J connectivity index is 1.28. The number of benzene rings is 3. The molecular formula is C32H31N5O2. The molecule has 3 heterocycles. The summed E-state index contributed by atoms with van der Waals surface area (Å²) in [6, 6.07) is 26.5. The topological polar surface area (TPSA) is 63.5 Å². The molecule has 0 saturated carbocycles. The Hall–Kier alpha value is -4.65. The first kappa shape index (κ1) is 24.7. The van der Waals surface area contributed by atoms with E-state index in [-0.39, 0.29) is 12.5 Å². The van der Waals surface area contributed by atoms with Crippen LogP contribution in [-0.2, 0) is 4.79 Å². The summed E-state index contributed by atoms with van der Waals surface area (Å²) in [4.78, 5) is 26.6. The molecule has 3 aromatic carbocycles. The number of hydrogen-bond donors (Lipinski definition) is 0. The Bertz CT molecular complexity index is 1620. The maximum absolute atomic E-state index is 12.9. The minimum Gasteiger partial charge on any atom is -0.484 e. The summed E-state index contributed by atoms with van der Waals surface area (Å²) in [5.41, 5.74) is 6.46. The average molecular weight is 518 g/mol. The molecule has 0 aliphatic carbocycles. The average Bonchev–Trinajstić information content (AvgIpc) is 3.36. The summed E-state index contributed by atoms with van der Waals surface area (Å²) in [6.07, 6.45) is 3.82. The zero-order valence-corrected chi connectivity index (χ0v) is 22.2. The van der Waals surface area contributed by atoms with Gasteiger partial charge in [0, 0.05) is 43.6 Å². The van der Waals surface area contributed by atoms with Gasteiger partial charge in [0.05, 0.1) is 5.39 Å². The van der Waals surface area contributed by atoms with Gasteiger partial charge in [-0.3, -0.25) is 4.79 Å². The van der Waals surface area contributed by atoms with E-state index in [1.807, 2.05) is 42.2 Å². The number of piperazine rings is 1. The molecule has 0 bridgehead atoms. The second-order valence-electron chi connectivity index (χ2n) is 9.93. The number of aryl methyl sites for hydroxylation is 2. The van der Waals surface area contributed by atoms with E-state index < -0.39 is 0 Å². The Kier molecular flexibility index (Phi) is 6.71. The highest BCUT2D eigenvalue weighted by atomic mass is 16.5. The molecule has 1 aliphatic rings. The fourth-order valence-electron chi connectivity index (χ4n) is 5.25. The highest BCUT2D eigenvalue weighted by molar-refractivity contribution is 6.02. The smallest absolute Gasteiger partial charge is 0.260 e. The van der Waals surface area contributed by atoms with E-state index in [0.29, 0.717) is 26.2 Å². The Morgan fingerprint density at radius 2 is 1.64 bits per heavy atom. The van der Waals surface area contributed by atoms with Crippen molar-refractivity contribution in [3.63, 3.8) is 0 Å². The van der Waals surface area contributed by atoms with Crippen molar-refractivity contribution in [2.45, 2.75) is 13.8 Å². The van der Waals surface area contributed by atoms with Crippen molar-refractivity contribution < 1.29 is 9.53 Å². The molecule has 5 aromatic rings. The Morgan fingerprint density at radius 1 is 0.872 bits per heavy atom. The fraction of sp³-hybridized carbons (Fsp3) is 0.219. The molecule has 7 heteroatoms.